The summed E-state index contributed by atoms with van der Waals surface area (Å²) in [4.78, 5) is 14.4. The third-order valence-electron chi connectivity index (χ3n) is 5.03. The Labute approximate surface area is 144 Å². The van der Waals surface area contributed by atoms with Crippen molar-refractivity contribution >= 4 is 5.91 Å². The number of hydrogen-bond acceptors (Lipinski definition) is 1. The molecule has 0 aromatic carbocycles. The molecule has 1 saturated carbocycles. The molecule has 1 amide bonds. The Morgan fingerprint density at radius 2 is 1.74 bits per heavy atom. The predicted octanol–water partition coefficient (Wildman–Crippen LogP) is 5.97. The first-order valence-corrected chi connectivity index (χ1v) is 10.0. The molecule has 0 radical (unpaired) electrons. The second-order valence-corrected chi connectivity index (χ2v) is 7.54. The van der Waals surface area contributed by atoms with Crippen LogP contribution in [0, 0.1) is 11.8 Å². The summed E-state index contributed by atoms with van der Waals surface area (Å²) in [6.07, 6.45) is 16.7. The van der Waals surface area contributed by atoms with Crippen LogP contribution in [0.25, 0.3) is 0 Å². The quantitative estimate of drug-likeness (QED) is 0.302. The SMILES string of the molecule is CCCCC/C=C\CCC1CC1CN(C(=O)CCCC)C(C)C. The Bertz CT molecular complexity index is 348. The summed E-state index contributed by atoms with van der Waals surface area (Å²) in [5.74, 6) is 1.98. The minimum atomic E-state index is 0.346. The van der Waals surface area contributed by atoms with E-state index in [1.807, 2.05) is 0 Å². The monoisotopic (exact) mass is 321 g/mol. The highest BCUT2D eigenvalue weighted by Gasteiger charge is 2.38. The van der Waals surface area contributed by atoms with Gasteiger partial charge in [0.15, 0.2) is 0 Å². The molecule has 0 aromatic heterocycles. The lowest BCUT2D eigenvalue weighted by atomic mass is 10.1. The minimum Gasteiger partial charge on any atom is -0.340 e. The fraction of sp³-hybridized carbons (Fsp3) is 0.857. The Morgan fingerprint density at radius 1 is 1.04 bits per heavy atom. The van der Waals surface area contributed by atoms with Gasteiger partial charge in [0, 0.05) is 19.0 Å². The molecule has 1 fully saturated rings. The fourth-order valence-electron chi connectivity index (χ4n) is 3.27. The smallest absolute Gasteiger partial charge is 0.222 e. The molecular weight excluding hydrogens is 282 g/mol. The maximum atomic E-state index is 12.3. The zero-order chi connectivity index (χ0) is 17.1. The highest BCUT2D eigenvalue weighted by atomic mass is 16.2. The summed E-state index contributed by atoms with van der Waals surface area (Å²) >= 11 is 0. The summed E-state index contributed by atoms with van der Waals surface area (Å²) in [7, 11) is 0. The van der Waals surface area contributed by atoms with Gasteiger partial charge in [-0.2, -0.15) is 0 Å². The molecule has 0 heterocycles. The summed E-state index contributed by atoms with van der Waals surface area (Å²) in [5.41, 5.74) is 0. The second kappa shape index (κ2) is 11.7. The van der Waals surface area contributed by atoms with E-state index in [-0.39, 0.29) is 0 Å². The summed E-state index contributed by atoms with van der Waals surface area (Å²) < 4.78 is 0. The molecule has 23 heavy (non-hydrogen) atoms. The molecule has 2 atom stereocenters. The first kappa shape index (κ1) is 20.3. The van der Waals surface area contributed by atoms with Crippen molar-refractivity contribution in [2.24, 2.45) is 11.8 Å². The third-order valence-corrected chi connectivity index (χ3v) is 5.03. The molecule has 0 N–H and O–H groups in total. The lowest BCUT2D eigenvalue weighted by Gasteiger charge is -2.27. The second-order valence-electron chi connectivity index (χ2n) is 7.54. The number of allylic oxidation sites excluding steroid dienone is 2. The molecule has 1 rings (SSSR count). The van der Waals surface area contributed by atoms with Gasteiger partial charge in [0.25, 0.3) is 0 Å². The lowest BCUT2D eigenvalue weighted by molar-refractivity contribution is -0.133. The Hall–Kier alpha value is -0.790. The maximum absolute atomic E-state index is 12.3. The topological polar surface area (TPSA) is 20.3 Å². The van der Waals surface area contributed by atoms with Crippen molar-refractivity contribution in [3.05, 3.63) is 12.2 Å². The number of carbonyl (C=O) groups excluding carboxylic acids is 1. The average molecular weight is 322 g/mol. The first-order valence-electron chi connectivity index (χ1n) is 10.0. The van der Waals surface area contributed by atoms with Gasteiger partial charge in [0.2, 0.25) is 5.91 Å². The molecule has 2 heteroatoms. The van der Waals surface area contributed by atoms with Gasteiger partial charge in [-0.15, -0.1) is 0 Å². The van der Waals surface area contributed by atoms with Crippen molar-refractivity contribution < 1.29 is 4.79 Å². The van der Waals surface area contributed by atoms with E-state index in [2.05, 4.69) is 44.7 Å². The molecule has 1 aliphatic carbocycles. The molecular formula is C21H39NO. The molecule has 0 aliphatic heterocycles. The van der Waals surface area contributed by atoms with Crippen LogP contribution in [-0.2, 0) is 4.79 Å². The van der Waals surface area contributed by atoms with Gasteiger partial charge in [-0.05, 0) is 64.2 Å². The van der Waals surface area contributed by atoms with E-state index in [9.17, 15) is 4.79 Å². The average Bonchev–Trinajstić information content (AvgIpc) is 3.27. The molecule has 2 unspecified atom stereocenters. The molecule has 0 saturated heterocycles. The van der Waals surface area contributed by atoms with E-state index >= 15 is 0 Å². The van der Waals surface area contributed by atoms with Gasteiger partial charge in [-0.25, -0.2) is 0 Å². The zero-order valence-electron chi connectivity index (χ0n) is 16.0. The van der Waals surface area contributed by atoms with E-state index in [1.54, 1.807) is 0 Å². The highest BCUT2D eigenvalue weighted by Crippen LogP contribution is 2.43. The van der Waals surface area contributed by atoms with Crippen LogP contribution in [0.5, 0.6) is 0 Å². The van der Waals surface area contributed by atoms with Crippen LogP contribution < -0.4 is 0 Å². The van der Waals surface area contributed by atoms with E-state index in [0.29, 0.717) is 11.9 Å². The van der Waals surface area contributed by atoms with Crippen LogP contribution in [0.2, 0.25) is 0 Å². The van der Waals surface area contributed by atoms with Crippen molar-refractivity contribution in [2.45, 2.75) is 97.9 Å². The molecule has 2 nitrogen and oxygen atoms in total. The molecule has 0 aromatic rings. The van der Waals surface area contributed by atoms with E-state index < -0.39 is 0 Å². The van der Waals surface area contributed by atoms with Crippen molar-refractivity contribution in [1.82, 2.24) is 4.90 Å². The Morgan fingerprint density at radius 3 is 2.39 bits per heavy atom. The predicted molar refractivity (Wildman–Crippen MR) is 100 cm³/mol. The number of unbranched alkanes of at least 4 members (excludes halogenated alkanes) is 4. The van der Waals surface area contributed by atoms with Crippen LogP contribution in [0.1, 0.15) is 91.9 Å². The first-order chi connectivity index (χ1) is 11.1. The van der Waals surface area contributed by atoms with E-state index in [4.69, 9.17) is 0 Å². The van der Waals surface area contributed by atoms with Gasteiger partial charge in [0.1, 0.15) is 0 Å². The molecule has 0 spiro atoms. The number of amides is 1. The van der Waals surface area contributed by atoms with Crippen LogP contribution >= 0.6 is 0 Å². The van der Waals surface area contributed by atoms with Gasteiger partial charge >= 0.3 is 0 Å². The zero-order valence-corrected chi connectivity index (χ0v) is 16.0. The summed E-state index contributed by atoms with van der Waals surface area (Å²) in [6, 6.07) is 0.346. The van der Waals surface area contributed by atoms with Crippen molar-refractivity contribution in [2.75, 3.05) is 6.54 Å². The van der Waals surface area contributed by atoms with Crippen molar-refractivity contribution in [1.29, 1.82) is 0 Å². The third kappa shape index (κ3) is 8.58. The number of carbonyl (C=O) groups is 1. The number of hydrogen-bond donors (Lipinski definition) is 0. The van der Waals surface area contributed by atoms with Gasteiger partial charge in [0.05, 0.1) is 0 Å². The van der Waals surface area contributed by atoms with Gasteiger partial charge in [-0.1, -0.05) is 45.3 Å². The van der Waals surface area contributed by atoms with Gasteiger partial charge < -0.3 is 4.90 Å². The summed E-state index contributed by atoms with van der Waals surface area (Å²) in [6.45, 7) is 9.70. The highest BCUT2D eigenvalue weighted by molar-refractivity contribution is 5.76. The van der Waals surface area contributed by atoms with Crippen LogP contribution in [-0.4, -0.2) is 23.4 Å². The van der Waals surface area contributed by atoms with Crippen LogP contribution in [0.4, 0.5) is 0 Å². The van der Waals surface area contributed by atoms with E-state index in [1.165, 1.54) is 44.9 Å². The van der Waals surface area contributed by atoms with Crippen molar-refractivity contribution in [3.63, 3.8) is 0 Å². The van der Waals surface area contributed by atoms with Gasteiger partial charge in [-0.3, -0.25) is 4.79 Å². The molecule has 134 valence electrons. The van der Waals surface area contributed by atoms with Crippen LogP contribution in [0.15, 0.2) is 12.2 Å². The van der Waals surface area contributed by atoms with Crippen molar-refractivity contribution in [3.8, 4) is 0 Å². The van der Waals surface area contributed by atoms with Crippen LogP contribution in [0.3, 0.4) is 0 Å². The fourth-order valence-corrected chi connectivity index (χ4v) is 3.27. The standard InChI is InChI=1S/C21H39NO/c1-5-7-9-10-11-12-13-14-19-16-20(19)17-22(18(3)4)21(23)15-8-6-2/h11-12,18-20H,5-10,13-17H2,1-4H3/b12-11-. The molecule has 0 bridgehead atoms. The number of nitrogens with zero attached hydrogens (tertiary/aromatic N) is 1. The lowest BCUT2D eigenvalue weighted by Crippen LogP contribution is -2.38. The normalized spacial score (nSPS) is 20.4. The summed E-state index contributed by atoms with van der Waals surface area (Å²) in [5, 5.41) is 0. The largest absolute Gasteiger partial charge is 0.340 e. The Kier molecular flexibility index (Phi) is 10.3. The molecule has 1 aliphatic rings. The van der Waals surface area contributed by atoms with E-state index in [0.717, 1.165) is 37.6 Å². The number of rotatable bonds is 13. The minimum absolute atomic E-state index is 0.346. The Balaban J connectivity index is 2.19. The maximum Gasteiger partial charge on any atom is 0.222 e.